The van der Waals surface area contributed by atoms with Crippen LogP contribution in [0.5, 0.6) is 11.5 Å². The second kappa shape index (κ2) is 5.48. The van der Waals surface area contributed by atoms with Crippen molar-refractivity contribution in [3.63, 3.8) is 0 Å². The van der Waals surface area contributed by atoms with Gasteiger partial charge in [-0.25, -0.2) is 0 Å². The van der Waals surface area contributed by atoms with Crippen LogP contribution in [-0.2, 0) is 5.41 Å². The van der Waals surface area contributed by atoms with Gasteiger partial charge in [-0.2, -0.15) is 0 Å². The number of carbonyl (C=O) groups excluding carboxylic acids is 1. The highest BCUT2D eigenvalue weighted by Crippen LogP contribution is 2.25. The van der Waals surface area contributed by atoms with Crippen molar-refractivity contribution in [1.29, 1.82) is 0 Å². The fourth-order valence-electron chi connectivity index (χ4n) is 1.99. The molecule has 0 saturated carbocycles. The highest BCUT2D eigenvalue weighted by atomic mass is 16.3. The molecule has 0 radical (unpaired) electrons. The maximum Gasteiger partial charge on any atom is 0.255 e. The van der Waals surface area contributed by atoms with E-state index in [0.717, 1.165) is 5.56 Å². The highest BCUT2D eigenvalue weighted by Gasteiger charge is 2.14. The van der Waals surface area contributed by atoms with Crippen LogP contribution < -0.4 is 5.32 Å². The lowest BCUT2D eigenvalue weighted by Crippen LogP contribution is -2.14. The number of aromatic hydroxyl groups is 2. The smallest absolute Gasteiger partial charge is 0.255 e. The monoisotopic (exact) mass is 285 g/mol. The summed E-state index contributed by atoms with van der Waals surface area (Å²) in [4.78, 5) is 12.1. The lowest BCUT2D eigenvalue weighted by Gasteiger charge is -2.19. The number of hydrogen-bond donors (Lipinski definition) is 3. The quantitative estimate of drug-likeness (QED) is 0.789. The summed E-state index contributed by atoms with van der Waals surface area (Å²) in [6.07, 6.45) is 0. The first-order chi connectivity index (χ1) is 9.75. The molecule has 0 spiro atoms. The minimum absolute atomic E-state index is 0.0337. The van der Waals surface area contributed by atoms with Gasteiger partial charge in [0.25, 0.3) is 5.91 Å². The van der Waals surface area contributed by atoms with Crippen molar-refractivity contribution in [2.45, 2.75) is 26.2 Å². The number of phenols is 2. The fourth-order valence-corrected chi connectivity index (χ4v) is 1.99. The zero-order valence-electron chi connectivity index (χ0n) is 12.3. The second-order valence-corrected chi connectivity index (χ2v) is 6.02. The number of phenolic OH excluding ortho intramolecular Hbond substituents is 2. The van der Waals surface area contributed by atoms with Gasteiger partial charge < -0.3 is 15.5 Å². The molecule has 0 unspecified atom stereocenters. The summed E-state index contributed by atoms with van der Waals surface area (Å²) < 4.78 is 0. The molecule has 4 nitrogen and oxygen atoms in total. The first-order valence-electron chi connectivity index (χ1n) is 6.70. The van der Waals surface area contributed by atoms with Crippen LogP contribution in [0.1, 0.15) is 36.7 Å². The molecule has 0 aliphatic heterocycles. The van der Waals surface area contributed by atoms with Crippen molar-refractivity contribution in [2.24, 2.45) is 0 Å². The van der Waals surface area contributed by atoms with Crippen LogP contribution >= 0.6 is 0 Å². The summed E-state index contributed by atoms with van der Waals surface area (Å²) in [6, 6.07) is 11.3. The molecular weight excluding hydrogens is 266 g/mol. The van der Waals surface area contributed by atoms with E-state index in [2.05, 4.69) is 26.1 Å². The molecule has 0 heterocycles. The summed E-state index contributed by atoms with van der Waals surface area (Å²) in [6.45, 7) is 6.33. The molecule has 3 N–H and O–H groups in total. The van der Waals surface area contributed by atoms with Crippen molar-refractivity contribution in [1.82, 2.24) is 0 Å². The first kappa shape index (κ1) is 14.9. The Morgan fingerprint density at radius 3 is 1.95 bits per heavy atom. The summed E-state index contributed by atoms with van der Waals surface area (Å²) in [5, 5.41) is 21.4. The molecule has 0 atom stereocenters. The van der Waals surface area contributed by atoms with E-state index in [0.29, 0.717) is 11.3 Å². The van der Waals surface area contributed by atoms with Crippen LogP contribution in [0.2, 0.25) is 0 Å². The summed E-state index contributed by atoms with van der Waals surface area (Å²) in [5.41, 5.74) is 2.05. The van der Waals surface area contributed by atoms with Crippen molar-refractivity contribution in [3.05, 3.63) is 53.6 Å². The normalized spacial score (nSPS) is 11.2. The van der Waals surface area contributed by atoms with E-state index in [1.54, 1.807) is 12.1 Å². The lowest BCUT2D eigenvalue weighted by molar-refractivity contribution is 0.102. The number of benzene rings is 2. The first-order valence-corrected chi connectivity index (χ1v) is 6.70. The van der Waals surface area contributed by atoms with E-state index < -0.39 is 0 Å². The molecule has 21 heavy (non-hydrogen) atoms. The van der Waals surface area contributed by atoms with E-state index >= 15 is 0 Å². The Morgan fingerprint density at radius 2 is 1.48 bits per heavy atom. The van der Waals surface area contributed by atoms with Gasteiger partial charge in [-0.1, -0.05) is 32.9 Å². The molecule has 4 heteroatoms. The Hall–Kier alpha value is -2.49. The average molecular weight is 285 g/mol. The highest BCUT2D eigenvalue weighted by molar-refractivity contribution is 6.04. The molecule has 0 aliphatic rings. The minimum atomic E-state index is -0.291. The van der Waals surface area contributed by atoms with Crippen LogP contribution in [-0.4, -0.2) is 16.1 Å². The van der Waals surface area contributed by atoms with Gasteiger partial charge in [-0.3, -0.25) is 4.79 Å². The van der Waals surface area contributed by atoms with Crippen molar-refractivity contribution < 1.29 is 15.0 Å². The Bertz CT molecular complexity index is 634. The molecule has 0 fully saturated rings. The molecule has 1 amide bonds. The molecule has 2 aromatic rings. The maximum atomic E-state index is 12.1. The van der Waals surface area contributed by atoms with E-state index in [9.17, 15) is 15.0 Å². The maximum absolute atomic E-state index is 12.1. The zero-order valence-corrected chi connectivity index (χ0v) is 12.3. The van der Waals surface area contributed by atoms with E-state index in [-0.39, 0.29) is 22.8 Å². The largest absolute Gasteiger partial charge is 0.508 e. The minimum Gasteiger partial charge on any atom is -0.508 e. The Balaban J connectivity index is 2.17. The van der Waals surface area contributed by atoms with Gasteiger partial charge >= 0.3 is 0 Å². The third-order valence-corrected chi connectivity index (χ3v) is 3.17. The van der Waals surface area contributed by atoms with Gasteiger partial charge in [-0.15, -0.1) is 0 Å². The Morgan fingerprint density at radius 1 is 0.952 bits per heavy atom. The molecule has 0 aliphatic carbocycles. The molecule has 0 bridgehead atoms. The average Bonchev–Trinajstić information content (AvgIpc) is 2.36. The number of carbonyl (C=O) groups is 1. The molecule has 2 rings (SSSR count). The second-order valence-electron chi connectivity index (χ2n) is 6.02. The van der Waals surface area contributed by atoms with Crippen LogP contribution in [0.4, 0.5) is 5.69 Å². The number of amides is 1. The number of anilines is 1. The molecule has 0 aromatic heterocycles. The fraction of sp³-hybridized carbons (Fsp3) is 0.235. The van der Waals surface area contributed by atoms with Gasteiger partial charge in [-0.05, 0) is 23.1 Å². The lowest BCUT2D eigenvalue weighted by atomic mass is 9.87. The molecule has 110 valence electrons. The van der Waals surface area contributed by atoms with Gasteiger partial charge in [0.15, 0.2) is 0 Å². The number of nitrogens with one attached hydrogen (secondary N) is 1. The van der Waals surface area contributed by atoms with Crippen LogP contribution in [0.15, 0.2) is 42.5 Å². The van der Waals surface area contributed by atoms with Gasteiger partial charge in [0, 0.05) is 29.4 Å². The standard InChI is InChI=1S/C17H19NO3/c1-17(2,3)12-6-4-11(5-7-12)16(21)18-13-8-14(19)10-15(20)9-13/h4-10,19-20H,1-3H3,(H,18,21). The zero-order chi connectivity index (χ0) is 15.6. The van der Waals surface area contributed by atoms with E-state index in [1.807, 2.05) is 12.1 Å². The van der Waals surface area contributed by atoms with E-state index in [1.165, 1.54) is 18.2 Å². The molecule has 0 saturated heterocycles. The van der Waals surface area contributed by atoms with Crippen LogP contribution in [0.25, 0.3) is 0 Å². The van der Waals surface area contributed by atoms with Crippen molar-refractivity contribution >= 4 is 11.6 Å². The third-order valence-electron chi connectivity index (χ3n) is 3.17. The van der Waals surface area contributed by atoms with Crippen molar-refractivity contribution in [2.75, 3.05) is 5.32 Å². The third kappa shape index (κ3) is 3.75. The topological polar surface area (TPSA) is 69.6 Å². The van der Waals surface area contributed by atoms with Gasteiger partial charge in [0.05, 0.1) is 0 Å². The SMILES string of the molecule is CC(C)(C)c1ccc(C(=O)Nc2cc(O)cc(O)c2)cc1. The van der Waals surface area contributed by atoms with Crippen LogP contribution in [0, 0.1) is 0 Å². The Labute approximate surface area is 124 Å². The predicted molar refractivity (Wildman–Crippen MR) is 82.9 cm³/mol. The number of rotatable bonds is 2. The molecule has 2 aromatic carbocycles. The summed E-state index contributed by atoms with van der Waals surface area (Å²) in [5.74, 6) is -0.498. The summed E-state index contributed by atoms with van der Waals surface area (Å²) >= 11 is 0. The van der Waals surface area contributed by atoms with Crippen LogP contribution in [0.3, 0.4) is 0 Å². The van der Waals surface area contributed by atoms with Gasteiger partial charge in [0.2, 0.25) is 0 Å². The summed E-state index contributed by atoms with van der Waals surface area (Å²) in [7, 11) is 0. The van der Waals surface area contributed by atoms with E-state index in [4.69, 9.17) is 0 Å². The molecular formula is C17H19NO3. The van der Waals surface area contributed by atoms with Gasteiger partial charge in [0.1, 0.15) is 11.5 Å². The van der Waals surface area contributed by atoms with Crippen molar-refractivity contribution in [3.8, 4) is 11.5 Å². The number of hydrogen-bond acceptors (Lipinski definition) is 3. The predicted octanol–water partition coefficient (Wildman–Crippen LogP) is 3.65. The Kier molecular flexibility index (Phi) is 3.89.